The molecule has 0 saturated carbocycles. The van der Waals surface area contributed by atoms with E-state index < -0.39 is 29.6 Å². The number of halogens is 4. The van der Waals surface area contributed by atoms with Crippen LogP contribution in [0.1, 0.15) is 17.8 Å². The molecule has 3 rings (SSSR count). The second-order valence-electron chi connectivity index (χ2n) is 6.72. The van der Waals surface area contributed by atoms with E-state index in [1.54, 1.807) is 0 Å². The van der Waals surface area contributed by atoms with Gasteiger partial charge in [-0.25, -0.2) is 9.67 Å². The van der Waals surface area contributed by atoms with E-state index >= 15 is 0 Å². The number of rotatable bonds is 7. The van der Waals surface area contributed by atoms with E-state index in [2.05, 4.69) is 15.4 Å². The standard InChI is InChI=1S/C19H19ClF3N5O2/c1-27-10-9-25-17(27)18(30,19(21,22)23)7-8-24-14-11-26-28(16(29)15(14)20)12-13-5-3-2-4-6-13/h2-6,9-11,24,30H,7-8,12H2,1H3. The second kappa shape index (κ2) is 8.49. The minimum atomic E-state index is -4.95. The zero-order valence-corrected chi connectivity index (χ0v) is 16.7. The number of benzene rings is 1. The van der Waals surface area contributed by atoms with Crippen molar-refractivity contribution in [1.82, 2.24) is 19.3 Å². The van der Waals surface area contributed by atoms with Gasteiger partial charge >= 0.3 is 6.18 Å². The second-order valence-corrected chi connectivity index (χ2v) is 7.10. The molecule has 0 amide bonds. The minimum absolute atomic E-state index is 0.0790. The summed E-state index contributed by atoms with van der Waals surface area (Å²) in [7, 11) is 1.36. The average molecular weight is 442 g/mol. The number of aryl methyl sites for hydroxylation is 1. The maximum Gasteiger partial charge on any atom is 0.424 e. The van der Waals surface area contributed by atoms with Gasteiger partial charge < -0.3 is 15.0 Å². The summed E-state index contributed by atoms with van der Waals surface area (Å²) in [5, 5.41) is 16.8. The van der Waals surface area contributed by atoms with Crippen molar-refractivity contribution < 1.29 is 18.3 Å². The Morgan fingerprint density at radius 1 is 1.23 bits per heavy atom. The topological polar surface area (TPSA) is 85.0 Å². The van der Waals surface area contributed by atoms with Crippen LogP contribution in [0, 0.1) is 0 Å². The van der Waals surface area contributed by atoms with Crippen molar-refractivity contribution in [3.05, 3.63) is 75.7 Å². The molecule has 0 spiro atoms. The molecule has 0 fully saturated rings. The molecule has 30 heavy (non-hydrogen) atoms. The van der Waals surface area contributed by atoms with E-state index in [1.165, 1.54) is 25.6 Å². The first-order valence-corrected chi connectivity index (χ1v) is 9.31. The molecule has 0 aliphatic carbocycles. The Kier molecular flexibility index (Phi) is 6.18. The first-order chi connectivity index (χ1) is 14.1. The van der Waals surface area contributed by atoms with Crippen LogP contribution in [0.3, 0.4) is 0 Å². The van der Waals surface area contributed by atoms with E-state index in [9.17, 15) is 23.1 Å². The highest BCUT2D eigenvalue weighted by molar-refractivity contribution is 6.32. The summed E-state index contributed by atoms with van der Waals surface area (Å²) in [5.41, 5.74) is -2.83. The highest BCUT2D eigenvalue weighted by atomic mass is 35.5. The van der Waals surface area contributed by atoms with Crippen LogP contribution < -0.4 is 10.9 Å². The van der Waals surface area contributed by atoms with Crippen molar-refractivity contribution >= 4 is 17.3 Å². The highest BCUT2D eigenvalue weighted by Gasteiger charge is 2.57. The fourth-order valence-corrected chi connectivity index (χ4v) is 3.19. The predicted molar refractivity (Wildman–Crippen MR) is 105 cm³/mol. The summed E-state index contributed by atoms with van der Waals surface area (Å²) >= 11 is 6.09. The van der Waals surface area contributed by atoms with Gasteiger partial charge in [-0.05, 0) is 5.56 Å². The number of nitrogens with one attached hydrogen (secondary N) is 1. The number of aliphatic hydroxyl groups is 1. The summed E-state index contributed by atoms with van der Waals surface area (Å²) in [6.45, 7) is -0.126. The maximum absolute atomic E-state index is 13.6. The SMILES string of the molecule is Cn1ccnc1C(O)(CCNc1cnn(Cc2ccccc2)c(=O)c1Cl)C(F)(F)F. The Bertz CT molecular complexity index is 1070. The van der Waals surface area contributed by atoms with E-state index in [0.29, 0.717) is 0 Å². The molecule has 0 bridgehead atoms. The largest absolute Gasteiger partial charge is 0.424 e. The van der Waals surface area contributed by atoms with Crippen LogP contribution in [0.15, 0.2) is 53.7 Å². The van der Waals surface area contributed by atoms with Crippen molar-refractivity contribution in [2.24, 2.45) is 7.05 Å². The number of aromatic nitrogens is 4. The van der Waals surface area contributed by atoms with Gasteiger partial charge in [-0.3, -0.25) is 4.79 Å². The van der Waals surface area contributed by atoms with E-state index in [0.717, 1.165) is 14.8 Å². The number of anilines is 1. The third-order valence-corrected chi connectivity index (χ3v) is 4.99. The molecule has 0 saturated heterocycles. The quantitative estimate of drug-likeness (QED) is 0.589. The van der Waals surface area contributed by atoms with Crippen molar-refractivity contribution in [3.63, 3.8) is 0 Å². The van der Waals surface area contributed by atoms with Gasteiger partial charge in [0.05, 0.1) is 18.4 Å². The molecule has 7 nitrogen and oxygen atoms in total. The zero-order chi connectivity index (χ0) is 21.9. The number of imidazole rings is 1. The van der Waals surface area contributed by atoms with Gasteiger partial charge in [0.1, 0.15) is 10.8 Å². The van der Waals surface area contributed by atoms with Gasteiger partial charge in [0, 0.05) is 32.4 Å². The van der Waals surface area contributed by atoms with Gasteiger partial charge in [0.2, 0.25) is 5.60 Å². The third kappa shape index (κ3) is 4.34. The molecule has 0 aliphatic rings. The first-order valence-electron chi connectivity index (χ1n) is 8.94. The highest BCUT2D eigenvalue weighted by Crippen LogP contribution is 2.40. The molecule has 11 heteroatoms. The summed E-state index contributed by atoms with van der Waals surface area (Å²) in [4.78, 5) is 16.1. The Hall–Kier alpha value is -2.85. The third-order valence-electron chi connectivity index (χ3n) is 4.62. The molecule has 2 N–H and O–H groups in total. The van der Waals surface area contributed by atoms with Crippen LogP contribution in [0.25, 0.3) is 0 Å². The van der Waals surface area contributed by atoms with Crippen LogP contribution >= 0.6 is 11.6 Å². The Morgan fingerprint density at radius 2 is 1.93 bits per heavy atom. The average Bonchev–Trinajstić information content (AvgIpc) is 3.13. The molecule has 1 aromatic carbocycles. The monoisotopic (exact) mass is 441 g/mol. The van der Waals surface area contributed by atoms with Crippen LogP contribution in [0.2, 0.25) is 5.02 Å². The zero-order valence-electron chi connectivity index (χ0n) is 15.9. The summed E-state index contributed by atoms with van der Waals surface area (Å²) in [6.07, 6.45) is -1.95. The van der Waals surface area contributed by atoms with E-state index in [-0.39, 0.29) is 23.8 Å². The summed E-state index contributed by atoms with van der Waals surface area (Å²) in [5.74, 6) is -0.528. The first kappa shape index (κ1) is 21.8. The molecule has 2 aromatic heterocycles. The molecular weight excluding hydrogens is 423 g/mol. The lowest BCUT2D eigenvalue weighted by Crippen LogP contribution is -2.45. The molecule has 3 aromatic rings. The predicted octanol–water partition coefficient (Wildman–Crippen LogP) is 2.93. The number of alkyl halides is 3. The van der Waals surface area contributed by atoms with Gasteiger partial charge in [0.25, 0.3) is 5.56 Å². The molecule has 0 aliphatic heterocycles. The van der Waals surface area contributed by atoms with Crippen molar-refractivity contribution in [2.75, 3.05) is 11.9 Å². The Morgan fingerprint density at radius 3 is 2.53 bits per heavy atom. The number of nitrogens with zero attached hydrogens (tertiary/aromatic N) is 4. The van der Waals surface area contributed by atoms with Crippen LogP contribution in [0.5, 0.6) is 0 Å². The molecular formula is C19H19ClF3N5O2. The molecule has 1 unspecified atom stereocenters. The lowest BCUT2D eigenvalue weighted by molar-refractivity contribution is -0.271. The fraction of sp³-hybridized carbons (Fsp3) is 0.316. The van der Waals surface area contributed by atoms with Gasteiger partial charge in [-0.1, -0.05) is 41.9 Å². The molecule has 0 radical (unpaired) electrons. The van der Waals surface area contributed by atoms with Gasteiger partial charge in [-0.2, -0.15) is 18.3 Å². The van der Waals surface area contributed by atoms with Crippen molar-refractivity contribution in [2.45, 2.75) is 24.7 Å². The smallest absolute Gasteiger partial charge is 0.382 e. The minimum Gasteiger partial charge on any atom is -0.382 e. The van der Waals surface area contributed by atoms with Gasteiger partial charge in [0.15, 0.2) is 0 Å². The maximum atomic E-state index is 13.6. The fourth-order valence-electron chi connectivity index (χ4n) is 2.98. The molecule has 2 heterocycles. The summed E-state index contributed by atoms with van der Waals surface area (Å²) in [6, 6.07) is 9.13. The summed E-state index contributed by atoms with van der Waals surface area (Å²) < 4.78 is 42.9. The van der Waals surface area contributed by atoms with Crippen LogP contribution in [-0.4, -0.2) is 37.2 Å². The van der Waals surface area contributed by atoms with Crippen LogP contribution in [-0.2, 0) is 19.2 Å². The van der Waals surface area contributed by atoms with Crippen LogP contribution in [0.4, 0.5) is 18.9 Å². The van der Waals surface area contributed by atoms with E-state index in [1.807, 2.05) is 30.3 Å². The van der Waals surface area contributed by atoms with Crippen molar-refractivity contribution in [3.8, 4) is 0 Å². The van der Waals surface area contributed by atoms with E-state index in [4.69, 9.17) is 11.6 Å². The Balaban J connectivity index is 1.75. The molecule has 160 valence electrons. The van der Waals surface area contributed by atoms with Crippen molar-refractivity contribution in [1.29, 1.82) is 0 Å². The lowest BCUT2D eigenvalue weighted by Gasteiger charge is -2.30. The number of hydrogen-bond donors (Lipinski definition) is 2. The normalized spacial score (nSPS) is 13.8. The molecule has 1 atom stereocenters. The lowest BCUT2D eigenvalue weighted by atomic mass is 9.97. The van der Waals surface area contributed by atoms with Gasteiger partial charge in [-0.15, -0.1) is 0 Å². The Labute approximate surface area is 174 Å². The number of hydrogen-bond acceptors (Lipinski definition) is 5.